The first-order chi connectivity index (χ1) is 18.1. The Bertz CT molecular complexity index is 1590. The zero-order valence-corrected chi connectivity index (χ0v) is 22.4. The quantitative estimate of drug-likeness (QED) is 0.229. The van der Waals surface area contributed by atoms with Crippen molar-refractivity contribution in [3.05, 3.63) is 118 Å². The Kier molecular flexibility index (Phi) is 8.36. The second kappa shape index (κ2) is 11.7. The lowest BCUT2D eigenvalue weighted by atomic mass is 10.0. The van der Waals surface area contributed by atoms with Crippen LogP contribution in [0.4, 0.5) is 11.4 Å². The van der Waals surface area contributed by atoms with Crippen LogP contribution in [0.2, 0.25) is 10.0 Å². The molecular formula is C28H22Cl2N2O5S. The number of aryl methyl sites for hydroxylation is 1. The van der Waals surface area contributed by atoms with Crippen LogP contribution in [0.15, 0.2) is 95.9 Å². The molecule has 0 heterocycles. The third-order valence-electron chi connectivity index (χ3n) is 5.45. The summed E-state index contributed by atoms with van der Waals surface area (Å²) in [5.41, 5.74) is 1.89. The second-order valence-electron chi connectivity index (χ2n) is 8.26. The number of anilines is 2. The maximum absolute atomic E-state index is 13.0. The summed E-state index contributed by atoms with van der Waals surface area (Å²) in [6.45, 7) is 1.31. The van der Waals surface area contributed by atoms with E-state index >= 15 is 0 Å². The Morgan fingerprint density at radius 2 is 1.53 bits per heavy atom. The fourth-order valence-corrected chi connectivity index (χ4v) is 5.01. The molecule has 0 radical (unpaired) electrons. The molecule has 0 aliphatic carbocycles. The van der Waals surface area contributed by atoms with Crippen molar-refractivity contribution < 1.29 is 22.7 Å². The predicted octanol–water partition coefficient (Wildman–Crippen LogP) is 6.35. The van der Waals surface area contributed by atoms with E-state index in [1.807, 2.05) is 0 Å². The smallest absolute Gasteiger partial charge is 0.262 e. The minimum absolute atomic E-state index is 0.0342. The standard InChI is InChI=1S/C28H22Cl2N2O5S/c1-18-15-23(38(35,36)32-22-10-7-20(29)8-11-22)12-14-26(18)37-17-27(33)31-25-13-9-21(30)16-24(25)28(34)19-5-3-2-4-6-19/h2-16,32H,17H2,1H3,(H,31,33). The van der Waals surface area contributed by atoms with Crippen LogP contribution in [0.5, 0.6) is 5.75 Å². The summed E-state index contributed by atoms with van der Waals surface area (Å²) in [6, 6.07) is 23.8. The lowest BCUT2D eigenvalue weighted by Crippen LogP contribution is -2.22. The first-order valence-electron chi connectivity index (χ1n) is 11.3. The molecule has 0 aliphatic heterocycles. The highest BCUT2D eigenvalue weighted by Gasteiger charge is 2.18. The molecule has 4 rings (SSSR count). The lowest BCUT2D eigenvalue weighted by molar-refractivity contribution is -0.118. The number of hydrogen-bond acceptors (Lipinski definition) is 5. The van der Waals surface area contributed by atoms with Gasteiger partial charge in [-0.15, -0.1) is 0 Å². The monoisotopic (exact) mass is 568 g/mol. The molecule has 7 nitrogen and oxygen atoms in total. The van der Waals surface area contributed by atoms with Crippen molar-refractivity contribution >= 4 is 56.3 Å². The van der Waals surface area contributed by atoms with Crippen LogP contribution in [-0.2, 0) is 14.8 Å². The van der Waals surface area contributed by atoms with Crippen LogP contribution in [0.1, 0.15) is 21.5 Å². The van der Waals surface area contributed by atoms with Gasteiger partial charge >= 0.3 is 0 Å². The summed E-state index contributed by atoms with van der Waals surface area (Å²) in [5.74, 6) is -0.457. The summed E-state index contributed by atoms with van der Waals surface area (Å²) < 4.78 is 33.6. The highest BCUT2D eigenvalue weighted by Crippen LogP contribution is 2.26. The molecule has 0 unspecified atom stereocenters. The van der Waals surface area contributed by atoms with Crippen molar-refractivity contribution in [2.75, 3.05) is 16.6 Å². The first kappa shape index (κ1) is 27.2. The number of ether oxygens (including phenoxy) is 1. The Morgan fingerprint density at radius 3 is 2.21 bits per heavy atom. The number of rotatable bonds is 9. The number of carbonyl (C=O) groups is 2. The van der Waals surface area contributed by atoms with Gasteiger partial charge in [0, 0.05) is 26.9 Å². The highest BCUT2D eigenvalue weighted by atomic mass is 35.5. The molecule has 4 aromatic rings. The van der Waals surface area contributed by atoms with Crippen molar-refractivity contribution in [3.63, 3.8) is 0 Å². The zero-order chi connectivity index (χ0) is 27.3. The molecule has 0 aromatic heterocycles. The van der Waals surface area contributed by atoms with Crippen LogP contribution in [0.25, 0.3) is 0 Å². The predicted molar refractivity (Wildman–Crippen MR) is 149 cm³/mol. The molecule has 0 fully saturated rings. The molecule has 0 bridgehead atoms. The zero-order valence-electron chi connectivity index (χ0n) is 20.1. The number of nitrogens with one attached hydrogen (secondary N) is 2. The van der Waals surface area contributed by atoms with Crippen LogP contribution in [0, 0.1) is 6.92 Å². The van der Waals surface area contributed by atoms with E-state index in [2.05, 4.69) is 10.0 Å². The Morgan fingerprint density at radius 1 is 0.842 bits per heavy atom. The topological polar surface area (TPSA) is 102 Å². The summed E-state index contributed by atoms with van der Waals surface area (Å²) in [7, 11) is -3.85. The molecule has 10 heteroatoms. The number of ketones is 1. The van der Waals surface area contributed by atoms with Gasteiger partial charge in [-0.3, -0.25) is 14.3 Å². The Balaban J connectivity index is 1.43. The van der Waals surface area contributed by atoms with Crippen molar-refractivity contribution in [1.29, 1.82) is 0 Å². The van der Waals surface area contributed by atoms with E-state index in [0.717, 1.165) is 0 Å². The third kappa shape index (κ3) is 6.72. The van der Waals surface area contributed by atoms with E-state index in [9.17, 15) is 18.0 Å². The molecule has 0 atom stereocenters. The number of sulfonamides is 1. The van der Waals surface area contributed by atoms with Crippen LogP contribution in [-0.4, -0.2) is 26.7 Å². The molecule has 1 amide bonds. The van der Waals surface area contributed by atoms with Crippen LogP contribution < -0.4 is 14.8 Å². The van der Waals surface area contributed by atoms with Gasteiger partial charge in [-0.2, -0.15) is 0 Å². The SMILES string of the molecule is Cc1cc(S(=O)(=O)Nc2ccc(Cl)cc2)ccc1OCC(=O)Nc1ccc(Cl)cc1C(=O)c1ccccc1. The largest absolute Gasteiger partial charge is 0.483 e. The number of carbonyl (C=O) groups excluding carboxylic acids is 2. The molecule has 0 saturated carbocycles. The second-order valence-corrected chi connectivity index (χ2v) is 10.8. The summed E-state index contributed by atoms with van der Waals surface area (Å²) >= 11 is 11.9. The Hall–Kier alpha value is -3.85. The van der Waals surface area contributed by atoms with Gasteiger partial charge in [0.25, 0.3) is 15.9 Å². The number of amides is 1. The molecule has 4 aromatic carbocycles. The highest BCUT2D eigenvalue weighted by molar-refractivity contribution is 7.92. The minimum atomic E-state index is -3.85. The van der Waals surface area contributed by atoms with Gasteiger partial charge in [-0.05, 0) is 73.2 Å². The van der Waals surface area contributed by atoms with E-state index in [0.29, 0.717) is 38.3 Å². The average Bonchev–Trinajstić information content (AvgIpc) is 2.90. The third-order valence-corrected chi connectivity index (χ3v) is 7.31. The van der Waals surface area contributed by atoms with Gasteiger partial charge in [0.05, 0.1) is 10.6 Å². The average molecular weight is 569 g/mol. The van der Waals surface area contributed by atoms with Gasteiger partial charge in [-0.25, -0.2) is 8.42 Å². The molecule has 0 spiro atoms. The fraction of sp³-hybridized carbons (Fsp3) is 0.0714. The summed E-state index contributed by atoms with van der Waals surface area (Å²) in [4.78, 5) is 25.7. The molecule has 38 heavy (non-hydrogen) atoms. The summed E-state index contributed by atoms with van der Waals surface area (Å²) in [6.07, 6.45) is 0. The number of hydrogen-bond donors (Lipinski definition) is 2. The van der Waals surface area contributed by atoms with Gasteiger partial charge in [-0.1, -0.05) is 53.5 Å². The van der Waals surface area contributed by atoms with E-state index in [4.69, 9.17) is 27.9 Å². The van der Waals surface area contributed by atoms with Crippen LogP contribution in [0.3, 0.4) is 0 Å². The Labute approximate surface area is 230 Å². The van der Waals surface area contributed by atoms with Gasteiger partial charge in [0.15, 0.2) is 12.4 Å². The van der Waals surface area contributed by atoms with Gasteiger partial charge in [0.2, 0.25) is 0 Å². The van der Waals surface area contributed by atoms with Crippen molar-refractivity contribution in [1.82, 2.24) is 0 Å². The molecule has 0 aliphatic rings. The van der Waals surface area contributed by atoms with E-state index in [1.165, 1.54) is 24.3 Å². The van der Waals surface area contributed by atoms with Gasteiger partial charge in [0.1, 0.15) is 5.75 Å². The van der Waals surface area contributed by atoms with E-state index in [1.54, 1.807) is 73.7 Å². The van der Waals surface area contributed by atoms with E-state index in [-0.39, 0.29) is 22.8 Å². The molecule has 0 saturated heterocycles. The van der Waals surface area contributed by atoms with Crippen molar-refractivity contribution in [2.24, 2.45) is 0 Å². The first-order valence-corrected chi connectivity index (χ1v) is 13.6. The van der Waals surface area contributed by atoms with Crippen molar-refractivity contribution in [3.8, 4) is 5.75 Å². The normalized spacial score (nSPS) is 11.0. The van der Waals surface area contributed by atoms with Crippen molar-refractivity contribution in [2.45, 2.75) is 11.8 Å². The van der Waals surface area contributed by atoms with E-state index < -0.39 is 15.9 Å². The maximum atomic E-state index is 13.0. The number of halogens is 2. The number of benzene rings is 4. The van der Waals surface area contributed by atoms with Crippen LogP contribution >= 0.6 is 23.2 Å². The molecule has 194 valence electrons. The van der Waals surface area contributed by atoms with Gasteiger partial charge < -0.3 is 10.1 Å². The minimum Gasteiger partial charge on any atom is -0.483 e. The maximum Gasteiger partial charge on any atom is 0.262 e. The molecular weight excluding hydrogens is 547 g/mol. The summed E-state index contributed by atoms with van der Waals surface area (Å²) in [5, 5.41) is 3.53. The fourth-order valence-electron chi connectivity index (χ4n) is 3.57. The lowest BCUT2D eigenvalue weighted by Gasteiger charge is -2.14. The molecule has 2 N–H and O–H groups in total.